The minimum absolute atomic E-state index is 0.0947. The van der Waals surface area contributed by atoms with Crippen LogP contribution in [0.4, 0.5) is 0 Å². The van der Waals surface area contributed by atoms with E-state index in [9.17, 15) is 33.4 Å². The van der Waals surface area contributed by atoms with Crippen LogP contribution in [-0.4, -0.2) is 78.5 Å². The van der Waals surface area contributed by atoms with Gasteiger partial charge in [0.25, 0.3) is 11.8 Å². The first-order valence-corrected chi connectivity index (χ1v) is 26.3. The molecule has 14 heteroatoms. The first-order valence-electron chi connectivity index (χ1n) is 24.8. The third-order valence-corrected chi connectivity index (χ3v) is 12.2. The van der Waals surface area contributed by atoms with Gasteiger partial charge in [-0.05, 0) is 12.8 Å². The predicted octanol–water partition coefficient (Wildman–Crippen LogP) is 11.5. The van der Waals surface area contributed by atoms with Gasteiger partial charge in [0.2, 0.25) is 5.91 Å². The maximum Gasteiger partial charge on any atom is 0.472 e. The lowest BCUT2D eigenvalue weighted by molar-refractivity contribution is -0.161. The number of nitrogens with one attached hydrogen (secondary N) is 1. The summed E-state index contributed by atoms with van der Waals surface area (Å²) in [7, 11) is -4.63. The number of rotatable bonds is 45. The second-order valence-electron chi connectivity index (χ2n) is 17.1. The smallest absolute Gasteiger partial charge is 0.462 e. The van der Waals surface area contributed by atoms with Gasteiger partial charge in [-0.2, -0.15) is 0 Å². The molecule has 1 aliphatic rings. The Labute approximate surface area is 375 Å². The Bertz CT molecular complexity index is 1250. The van der Waals surface area contributed by atoms with Crippen LogP contribution in [0, 0.1) is 0 Å². The second-order valence-corrected chi connectivity index (χ2v) is 18.5. The molecule has 0 bridgehead atoms. The molecule has 0 aromatic heterocycles. The SMILES string of the molecule is CCCCCCCCCCCCCCCCCC(=O)OCC(COP(=O)(O)OCCNC(=O)CCN1C(=O)C=CC1=O)OC(=O)CCCCCCCCCCCCCCCCC. The number of hydrogen-bond acceptors (Lipinski definition) is 10. The number of phosphoric ester groups is 1. The van der Waals surface area contributed by atoms with Crippen molar-refractivity contribution in [2.45, 2.75) is 232 Å². The molecule has 1 rings (SSSR count). The van der Waals surface area contributed by atoms with Gasteiger partial charge in [-0.25, -0.2) is 4.57 Å². The number of amides is 3. The van der Waals surface area contributed by atoms with E-state index in [2.05, 4.69) is 19.2 Å². The normalized spacial score (nSPS) is 14.0. The molecule has 0 saturated carbocycles. The summed E-state index contributed by atoms with van der Waals surface area (Å²) in [6.07, 6.45) is 37.9. The van der Waals surface area contributed by atoms with Gasteiger partial charge in [0, 0.05) is 44.5 Å². The molecule has 0 fully saturated rings. The third-order valence-electron chi connectivity index (χ3n) is 11.3. The fourth-order valence-electron chi connectivity index (χ4n) is 7.42. The summed E-state index contributed by atoms with van der Waals surface area (Å²) in [6.45, 7) is 3.03. The second kappa shape index (κ2) is 40.0. The number of imide groups is 1. The highest BCUT2D eigenvalue weighted by atomic mass is 31.2. The molecule has 0 aromatic rings. The van der Waals surface area contributed by atoms with Crippen LogP contribution in [0.3, 0.4) is 0 Å². The van der Waals surface area contributed by atoms with E-state index in [1.807, 2.05) is 0 Å². The Hall–Kier alpha value is -2.60. The van der Waals surface area contributed by atoms with Crippen molar-refractivity contribution in [3.05, 3.63) is 12.2 Å². The van der Waals surface area contributed by atoms with Crippen LogP contribution < -0.4 is 5.32 Å². The molecule has 0 radical (unpaired) electrons. The lowest BCUT2D eigenvalue weighted by Crippen LogP contribution is -2.35. The first-order chi connectivity index (χ1) is 30.1. The van der Waals surface area contributed by atoms with Crippen LogP contribution in [-0.2, 0) is 47.1 Å². The molecule has 1 aliphatic heterocycles. The van der Waals surface area contributed by atoms with Gasteiger partial charge in [0.1, 0.15) is 6.61 Å². The van der Waals surface area contributed by atoms with E-state index >= 15 is 0 Å². The predicted molar refractivity (Wildman–Crippen MR) is 245 cm³/mol. The van der Waals surface area contributed by atoms with Crippen LogP contribution in [0.25, 0.3) is 0 Å². The quantitative estimate of drug-likeness (QED) is 0.0257. The highest BCUT2D eigenvalue weighted by Crippen LogP contribution is 2.43. The molecule has 360 valence electrons. The average Bonchev–Trinajstić information content (AvgIpc) is 3.57. The van der Waals surface area contributed by atoms with E-state index in [0.717, 1.165) is 55.6 Å². The lowest BCUT2D eigenvalue weighted by Gasteiger charge is -2.20. The molecular weight excluding hydrogens is 812 g/mol. The zero-order valence-corrected chi connectivity index (χ0v) is 39.9. The summed E-state index contributed by atoms with van der Waals surface area (Å²) in [4.78, 5) is 71.9. The maximum absolute atomic E-state index is 12.8. The number of unbranched alkanes of at least 4 members (excludes halogenated alkanes) is 28. The zero-order valence-electron chi connectivity index (χ0n) is 39.0. The Morgan fingerprint density at radius 3 is 1.37 bits per heavy atom. The molecule has 0 spiro atoms. The van der Waals surface area contributed by atoms with Gasteiger partial charge in [0.05, 0.1) is 13.2 Å². The van der Waals surface area contributed by atoms with Crippen molar-refractivity contribution in [3.63, 3.8) is 0 Å². The Balaban J connectivity index is 2.36. The van der Waals surface area contributed by atoms with E-state index in [1.165, 1.54) is 141 Å². The molecule has 1 heterocycles. The highest BCUT2D eigenvalue weighted by Gasteiger charge is 2.27. The number of hydrogen-bond donors (Lipinski definition) is 2. The number of carbonyl (C=O) groups is 5. The van der Waals surface area contributed by atoms with E-state index < -0.39 is 50.2 Å². The Morgan fingerprint density at radius 2 is 0.952 bits per heavy atom. The number of ether oxygens (including phenoxy) is 2. The van der Waals surface area contributed by atoms with Gasteiger partial charge in [-0.3, -0.25) is 37.9 Å². The molecule has 13 nitrogen and oxygen atoms in total. The number of phosphoric acid groups is 1. The topological polar surface area (TPSA) is 175 Å². The van der Waals surface area contributed by atoms with E-state index in [0.29, 0.717) is 12.8 Å². The summed E-state index contributed by atoms with van der Waals surface area (Å²) in [5.41, 5.74) is 0. The lowest BCUT2D eigenvalue weighted by atomic mass is 10.0. The Kier molecular flexibility index (Phi) is 37.0. The molecule has 0 aliphatic carbocycles. The van der Waals surface area contributed by atoms with Gasteiger partial charge >= 0.3 is 19.8 Å². The van der Waals surface area contributed by atoms with Crippen molar-refractivity contribution >= 4 is 37.5 Å². The van der Waals surface area contributed by atoms with Gasteiger partial charge in [-0.1, -0.05) is 194 Å². The molecule has 2 atom stereocenters. The Morgan fingerprint density at radius 1 is 0.565 bits per heavy atom. The monoisotopic (exact) mass is 899 g/mol. The molecule has 2 N–H and O–H groups in total. The molecule has 3 amide bonds. The number of carbonyl (C=O) groups excluding carboxylic acids is 5. The van der Waals surface area contributed by atoms with Crippen molar-refractivity contribution in [2.24, 2.45) is 0 Å². The van der Waals surface area contributed by atoms with Crippen LogP contribution in [0.5, 0.6) is 0 Å². The first kappa shape index (κ1) is 57.4. The van der Waals surface area contributed by atoms with Crippen molar-refractivity contribution in [1.29, 1.82) is 0 Å². The minimum Gasteiger partial charge on any atom is -0.462 e. The van der Waals surface area contributed by atoms with Gasteiger partial charge < -0.3 is 19.7 Å². The van der Waals surface area contributed by atoms with Gasteiger partial charge in [0.15, 0.2) is 6.10 Å². The largest absolute Gasteiger partial charge is 0.472 e. The summed E-state index contributed by atoms with van der Waals surface area (Å²) >= 11 is 0. The van der Waals surface area contributed by atoms with Crippen molar-refractivity contribution in [2.75, 3.05) is 32.9 Å². The average molecular weight is 899 g/mol. The summed E-state index contributed by atoms with van der Waals surface area (Å²) in [5, 5.41) is 2.49. The summed E-state index contributed by atoms with van der Waals surface area (Å²) < 4.78 is 33.7. The van der Waals surface area contributed by atoms with Crippen LogP contribution in [0.1, 0.15) is 226 Å². The molecule has 0 saturated heterocycles. The summed E-state index contributed by atoms with van der Waals surface area (Å²) in [5.74, 6) is -2.41. The number of esters is 2. The van der Waals surface area contributed by atoms with Crippen LogP contribution in [0.15, 0.2) is 12.2 Å². The fourth-order valence-corrected chi connectivity index (χ4v) is 8.17. The van der Waals surface area contributed by atoms with E-state index in [-0.39, 0.29) is 45.6 Å². The van der Waals surface area contributed by atoms with Crippen molar-refractivity contribution in [1.82, 2.24) is 10.2 Å². The standard InChI is InChI=1S/C48H87N2O11P/c1-3-5-7-9-11-13-15-17-19-21-23-25-27-29-31-33-47(54)58-41-43(61-48(55)34-32-30-28-26-24-22-20-18-16-14-12-10-8-6-4-2)42-60-62(56,57)59-40-38-49-44(51)37-39-50-45(52)35-36-46(50)53/h35-36,43H,3-34,37-42H2,1-2H3,(H,49,51)(H,56,57). The van der Waals surface area contributed by atoms with Crippen LogP contribution in [0.2, 0.25) is 0 Å². The molecular formula is C48H87N2O11P. The van der Waals surface area contributed by atoms with Gasteiger partial charge in [-0.15, -0.1) is 0 Å². The third kappa shape index (κ3) is 34.8. The van der Waals surface area contributed by atoms with Crippen molar-refractivity contribution < 1.29 is 52.0 Å². The van der Waals surface area contributed by atoms with E-state index in [4.69, 9.17) is 18.5 Å². The number of nitrogens with zero attached hydrogens (tertiary/aromatic N) is 1. The zero-order chi connectivity index (χ0) is 45.4. The molecule has 62 heavy (non-hydrogen) atoms. The van der Waals surface area contributed by atoms with Crippen LogP contribution >= 0.6 is 7.82 Å². The molecule has 0 aromatic carbocycles. The fraction of sp³-hybridized carbons (Fsp3) is 0.854. The minimum atomic E-state index is -4.63. The van der Waals surface area contributed by atoms with Crippen molar-refractivity contribution in [3.8, 4) is 0 Å². The summed E-state index contributed by atoms with van der Waals surface area (Å²) in [6, 6.07) is 0. The molecule has 2 unspecified atom stereocenters. The highest BCUT2D eigenvalue weighted by molar-refractivity contribution is 7.47. The van der Waals surface area contributed by atoms with E-state index in [1.54, 1.807) is 0 Å². The maximum atomic E-state index is 12.8.